The third-order valence-corrected chi connectivity index (χ3v) is 2.70. The second kappa shape index (κ2) is 5.45. The topological polar surface area (TPSA) is 38.7 Å². The SMILES string of the molecule is O=C(ON=C1CCCCC1)c1ccccc1. The lowest BCUT2D eigenvalue weighted by atomic mass is 9.99. The minimum absolute atomic E-state index is 0.376. The lowest BCUT2D eigenvalue weighted by Crippen LogP contribution is -2.08. The molecule has 84 valence electrons. The van der Waals surface area contributed by atoms with Gasteiger partial charge in [0.15, 0.2) is 0 Å². The Kier molecular flexibility index (Phi) is 3.70. The van der Waals surface area contributed by atoms with Crippen molar-refractivity contribution < 1.29 is 9.63 Å². The Balaban J connectivity index is 1.92. The van der Waals surface area contributed by atoms with E-state index in [1.807, 2.05) is 18.2 Å². The first kappa shape index (κ1) is 10.9. The average Bonchev–Trinajstić information content (AvgIpc) is 2.38. The molecule has 0 N–H and O–H groups in total. The van der Waals surface area contributed by atoms with Crippen molar-refractivity contribution in [2.24, 2.45) is 5.16 Å². The number of carbonyl (C=O) groups is 1. The van der Waals surface area contributed by atoms with Crippen molar-refractivity contribution in [2.75, 3.05) is 0 Å². The van der Waals surface area contributed by atoms with Crippen LogP contribution in [0.4, 0.5) is 0 Å². The zero-order valence-electron chi connectivity index (χ0n) is 9.19. The molecule has 0 heterocycles. The van der Waals surface area contributed by atoms with Crippen molar-refractivity contribution in [3.05, 3.63) is 35.9 Å². The fraction of sp³-hybridized carbons (Fsp3) is 0.385. The van der Waals surface area contributed by atoms with Gasteiger partial charge in [-0.25, -0.2) is 4.79 Å². The summed E-state index contributed by atoms with van der Waals surface area (Å²) in [6.07, 6.45) is 5.49. The van der Waals surface area contributed by atoms with E-state index in [0.717, 1.165) is 31.4 Å². The third-order valence-electron chi connectivity index (χ3n) is 2.70. The maximum absolute atomic E-state index is 11.6. The monoisotopic (exact) mass is 217 g/mol. The molecule has 16 heavy (non-hydrogen) atoms. The molecule has 3 nitrogen and oxygen atoms in total. The van der Waals surface area contributed by atoms with E-state index in [1.54, 1.807) is 12.1 Å². The number of nitrogens with zero attached hydrogens (tertiary/aromatic N) is 1. The fourth-order valence-electron chi connectivity index (χ4n) is 1.78. The number of benzene rings is 1. The van der Waals surface area contributed by atoms with Crippen LogP contribution in [-0.4, -0.2) is 11.7 Å². The summed E-state index contributed by atoms with van der Waals surface area (Å²) in [6, 6.07) is 8.94. The smallest absolute Gasteiger partial charge is 0.313 e. The van der Waals surface area contributed by atoms with Gasteiger partial charge in [-0.05, 0) is 37.8 Å². The van der Waals surface area contributed by atoms with Gasteiger partial charge in [-0.3, -0.25) is 0 Å². The Hall–Kier alpha value is -1.64. The highest BCUT2D eigenvalue weighted by atomic mass is 16.7. The molecule has 0 aromatic heterocycles. The van der Waals surface area contributed by atoms with Crippen LogP contribution in [-0.2, 0) is 4.84 Å². The van der Waals surface area contributed by atoms with Crippen LogP contribution in [0.1, 0.15) is 42.5 Å². The number of hydrogen-bond donors (Lipinski definition) is 0. The predicted molar refractivity (Wildman–Crippen MR) is 62.4 cm³/mol. The Morgan fingerprint density at radius 3 is 2.44 bits per heavy atom. The van der Waals surface area contributed by atoms with E-state index in [9.17, 15) is 4.79 Å². The van der Waals surface area contributed by atoms with E-state index in [1.165, 1.54) is 6.42 Å². The van der Waals surface area contributed by atoms with Crippen molar-refractivity contribution in [1.29, 1.82) is 0 Å². The van der Waals surface area contributed by atoms with E-state index in [-0.39, 0.29) is 5.97 Å². The van der Waals surface area contributed by atoms with Crippen LogP contribution in [0.3, 0.4) is 0 Å². The summed E-state index contributed by atoms with van der Waals surface area (Å²) in [5.74, 6) is -0.376. The third kappa shape index (κ3) is 2.92. The lowest BCUT2D eigenvalue weighted by molar-refractivity contribution is 0.0513. The van der Waals surface area contributed by atoms with Gasteiger partial charge in [0.2, 0.25) is 0 Å². The molecule has 0 radical (unpaired) electrons. The van der Waals surface area contributed by atoms with Crippen molar-refractivity contribution in [1.82, 2.24) is 0 Å². The first-order valence-corrected chi connectivity index (χ1v) is 5.68. The molecule has 0 unspecified atom stereocenters. The van der Waals surface area contributed by atoms with Gasteiger partial charge >= 0.3 is 5.97 Å². The van der Waals surface area contributed by atoms with Gasteiger partial charge in [0.05, 0.1) is 11.3 Å². The number of carbonyl (C=O) groups excluding carboxylic acids is 1. The summed E-state index contributed by atoms with van der Waals surface area (Å²) < 4.78 is 0. The summed E-state index contributed by atoms with van der Waals surface area (Å²) in [5, 5.41) is 3.93. The normalized spacial score (nSPS) is 15.6. The fourth-order valence-corrected chi connectivity index (χ4v) is 1.78. The Labute approximate surface area is 95.1 Å². The van der Waals surface area contributed by atoms with Gasteiger partial charge in [-0.1, -0.05) is 29.8 Å². The molecule has 0 spiro atoms. The van der Waals surface area contributed by atoms with E-state index in [0.29, 0.717) is 5.56 Å². The van der Waals surface area contributed by atoms with E-state index < -0.39 is 0 Å². The zero-order valence-corrected chi connectivity index (χ0v) is 9.19. The molecule has 0 bridgehead atoms. The highest BCUT2D eigenvalue weighted by Gasteiger charge is 2.10. The predicted octanol–water partition coefficient (Wildman–Crippen LogP) is 3.16. The van der Waals surface area contributed by atoms with E-state index >= 15 is 0 Å². The highest BCUT2D eigenvalue weighted by molar-refractivity contribution is 5.90. The van der Waals surface area contributed by atoms with Crippen molar-refractivity contribution in [2.45, 2.75) is 32.1 Å². The second-order valence-electron chi connectivity index (χ2n) is 3.96. The molecule has 1 fully saturated rings. The Morgan fingerprint density at radius 1 is 1.06 bits per heavy atom. The summed E-state index contributed by atoms with van der Waals surface area (Å²) in [5.41, 5.74) is 1.55. The van der Waals surface area contributed by atoms with Crippen LogP contribution in [0.2, 0.25) is 0 Å². The molecule has 1 aliphatic carbocycles. The van der Waals surface area contributed by atoms with Gasteiger partial charge in [0, 0.05) is 0 Å². The molecule has 2 rings (SSSR count). The first-order chi connectivity index (χ1) is 7.86. The summed E-state index contributed by atoms with van der Waals surface area (Å²) in [6.45, 7) is 0. The van der Waals surface area contributed by atoms with Crippen LogP contribution in [0.15, 0.2) is 35.5 Å². The first-order valence-electron chi connectivity index (χ1n) is 5.68. The molecular weight excluding hydrogens is 202 g/mol. The van der Waals surface area contributed by atoms with Gasteiger partial charge in [-0.2, -0.15) is 0 Å². The molecule has 0 saturated heterocycles. The van der Waals surface area contributed by atoms with Gasteiger partial charge in [0.25, 0.3) is 0 Å². The largest absolute Gasteiger partial charge is 0.365 e. The molecule has 1 saturated carbocycles. The van der Waals surface area contributed by atoms with Crippen LogP contribution < -0.4 is 0 Å². The zero-order chi connectivity index (χ0) is 11.2. The summed E-state index contributed by atoms with van der Waals surface area (Å²) in [7, 11) is 0. The minimum Gasteiger partial charge on any atom is -0.313 e. The average molecular weight is 217 g/mol. The Bertz CT molecular complexity index is 376. The van der Waals surface area contributed by atoms with Gasteiger partial charge in [0.1, 0.15) is 0 Å². The standard InChI is InChI=1S/C13H15NO2/c15-13(11-7-3-1-4-8-11)16-14-12-9-5-2-6-10-12/h1,3-4,7-8H,2,5-6,9-10H2. The van der Waals surface area contributed by atoms with E-state index in [2.05, 4.69) is 5.16 Å². The van der Waals surface area contributed by atoms with Crippen LogP contribution in [0, 0.1) is 0 Å². The molecule has 0 aliphatic heterocycles. The minimum atomic E-state index is -0.376. The molecule has 1 aromatic rings. The van der Waals surface area contributed by atoms with E-state index in [4.69, 9.17) is 4.84 Å². The number of oxime groups is 1. The number of rotatable bonds is 2. The van der Waals surface area contributed by atoms with Gasteiger partial charge < -0.3 is 4.84 Å². The van der Waals surface area contributed by atoms with Crippen LogP contribution in [0.25, 0.3) is 0 Å². The Morgan fingerprint density at radius 2 is 1.75 bits per heavy atom. The molecule has 1 aromatic carbocycles. The molecule has 3 heteroatoms. The molecule has 0 amide bonds. The van der Waals surface area contributed by atoms with Crippen LogP contribution >= 0.6 is 0 Å². The maximum atomic E-state index is 11.6. The summed E-state index contributed by atoms with van der Waals surface area (Å²) >= 11 is 0. The molecular formula is C13H15NO2. The van der Waals surface area contributed by atoms with Crippen LogP contribution in [0.5, 0.6) is 0 Å². The van der Waals surface area contributed by atoms with Gasteiger partial charge in [-0.15, -0.1) is 0 Å². The van der Waals surface area contributed by atoms with Crippen molar-refractivity contribution in [3.63, 3.8) is 0 Å². The molecule has 0 atom stereocenters. The van der Waals surface area contributed by atoms with Crippen molar-refractivity contribution >= 4 is 11.7 Å². The highest BCUT2D eigenvalue weighted by Crippen LogP contribution is 2.15. The molecule has 1 aliphatic rings. The number of hydrogen-bond acceptors (Lipinski definition) is 3. The van der Waals surface area contributed by atoms with Crippen molar-refractivity contribution in [3.8, 4) is 0 Å². The maximum Gasteiger partial charge on any atom is 0.365 e. The second-order valence-corrected chi connectivity index (χ2v) is 3.96. The summed E-state index contributed by atoms with van der Waals surface area (Å²) in [4.78, 5) is 16.5. The lowest BCUT2D eigenvalue weighted by Gasteiger charge is -2.10. The quantitative estimate of drug-likeness (QED) is 0.563.